The van der Waals surface area contributed by atoms with E-state index in [1.54, 1.807) is 56.7 Å². The predicted molar refractivity (Wildman–Crippen MR) is 233 cm³/mol. The number of hydrogen-bond donors (Lipinski definition) is 3. The molecule has 288 valence electrons. The zero-order chi connectivity index (χ0) is 40.3. The van der Waals surface area contributed by atoms with Gasteiger partial charge in [-0.2, -0.15) is 0 Å². The van der Waals surface area contributed by atoms with Crippen molar-refractivity contribution in [2.45, 2.75) is 10.1 Å². The Bertz CT molecular complexity index is 2540. The third-order valence-corrected chi connectivity index (χ3v) is 11.0. The average Bonchev–Trinajstić information content (AvgIpc) is 3.74. The van der Waals surface area contributed by atoms with E-state index in [9.17, 15) is 14.4 Å². The Morgan fingerprint density at radius 3 is 2.03 bits per heavy atom. The molecule has 0 spiro atoms. The average molecular weight is 803 g/mol. The van der Waals surface area contributed by atoms with Crippen LogP contribution in [0.1, 0.15) is 26.7 Å². The highest BCUT2D eigenvalue weighted by Crippen LogP contribution is 2.38. The molecule has 0 aliphatic rings. The Morgan fingerprint density at radius 2 is 1.33 bits per heavy atom. The Hall–Kier alpha value is -6.95. The van der Waals surface area contributed by atoms with Gasteiger partial charge in [-0.25, -0.2) is 4.98 Å². The van der Waals surface area contributed by atoms with Crippen LogP contribution in [0.5, 0.6) is 11.5 Å². The standard InChI is InChI=1S/C47H38N4O5S2/c1-55-41-26-25-36(28-42(41)56-2)40-30-57-47(50-40)51-46(54)43(34-15-8-4-9-16-34)58-38-20-12-19-37(29-38)48-45(53)39(49-44(52)35-17-10-5-11-18-35)27-31-21-23-33(24-22-31)32-13-6-3-7-14-32/h3-30,43H,1-2H3,(H,48,53)(H,49,52)(H,50,51,54)/b39-27+. The number of anilines is 2. The van der Waals surface area contributed by atoms with Crippen molar-refractivity contribution in [2.24, 2.45) is 0 Å². The van der Waals surface area contributed by atoms with Crippen molar-refractivity contribution in [3.8, 4) is 33.9 Å². The lowest BCUT2D eigenvalue weighted by molar-refractivity contribution is -0.116. The van der Waals surface area contributed by atoms with E-state index in [-0.39, 0.29) is 11.6 Å². The fraction of sp³-hybridized carbons (Fsp3) is 0.0638. The molecular formula is C47H38N4O5S2. The van der Waals surface area contributed by atoms with Gasteiger partial charge in [0.25, 0.3) is 11.8 Å². The molecule has 6 aromatic carbocycles. The molecule has 0 saturated carbocycles. The monoisotopic (exact) mass is 802 g/mol. The molecular weight excluding hydrogens is 765 g/mol. The maximum absolute atomic E-state index is 14.0. The minimum Gasteiger partial charge on any atom is -0.493 e. The summed E-state index contributed by atoms with van der Waals surface area (Å²) >= 11 is 2.66. The molecule has 1 heterocycles. The molecule has 9 nitrogen and oxygen atoms in total. The third kappa shape index (κ3) is 9.88. The van der Waals surface area contributed by atoms with Crippen LogP contribution >= 0.6 is 23.1 Å². The first-order chi connectivity index (χ1) is 28.4. The van der Waals surface area contributed by atoms with Crippen molar-refractivity contribution in [2.75, 3.05) is 24.9 Å². The summed E-state index contributed by atoms with van der Waals surface area (Å²) in [6.45, 7) is 0. The second-order valence-electron chi connectivity index (χ2n) is 12.9. The summed E-state index contributed by atoms with van der Waals surface area (Å²) in [6, 6.07) is 48.7. The SMILES string of the molecule is COc1ccc(-c2csc(NC(=O)C(Sc3cccc(NC(=O)/C(=C\c4ccc(-c5ccccc5)cc4)NC(=O)c4ccccc4)c3)c3ccccc3)n2)cc1OC. The van der Waals surface area contributed by atoms with Gasteiger partial charge in [0.15, 0.2) is 16.6 Å². The number of amides is 3. The molecule has 1 unspecified atom stereocenters. The summed E-state index contributed by atoms with van der Waals surface area (Å²) in [4.78, 5) is 46.6. The van der Waals surface area contributed by atoms with E-state index in [4.69, 9.17) is 9.47 Å². The third-order valence-electron chi connectivity index (χ3n) is 8.96. The van der Waals surface area contributed by atoms with Crippen molar-refractivity contribution in [3.63, 3.8) is 0 Å². The van der Waals surface area contributed by atoms with Crippen LogP contribution in [-0.4, -0.2) is 36.9 Å². The summed E-state index contributed by atoms with van der Waals surface area (Å²) in [5, 5.41) is 10.4. The maximum Gasteiger partial charge on any atom is 0.272 e. The molecule has 3 N–H and O–H groups in total. The highest BCUT2D eigenvalue weighted by atomic mass is 32.2. The van der Waals surface area contributed by atoms with Crippen LogP contribution in [0.2, 0.25) is 0 Å². The molecule has 0 bridgehead atoms. The summed E-state index contributed by atoms with van der Waals surface area (Å²) in [5.74, 6) is 0.00426. The zero-order valence-corrected chi connectivity index (χ0v) is 33.2. The molecule has 0 aliphatic heterocycles. The number of thiazole rings is 1. The number of aromatic nitrogens is 1. The van der Waals surface area contributed by atoms with Gasteiger partial charge in [-0.1, -0.05) is 109 Å². The first-order valence-electron chi connectivity index (χ1n) is 18.2. The number of carbonyl (C=O) groups is 3. The molecule has 0 radical (unpaired) electrons. The summed E-state index contributed by atoms with van der Waals surface area (Å²) < 4.78 is 10.8. The van der Waals surface area contributed by atoms with E-state index in [1.165, 1.54) is 23.1 Å². The number of benzene rings is 6. The lowest BCUT2D eigenvalue weighted by atomic mass is 10.0. The molecule has 11 heteroatoms. The molecule has 1 aromatic heterocycles. The van der Waals surface area contributed by atoms with Gasteiger partial charge in [-0.05, 0) is 76.9 Å². The Labute approximate surface area is 344 Å². The van der Waals surface area contributed by atoms with Gasteiger partial charge in [0, 0.05) is 27.1 Å². The van der Waals surface area contributed by atoms with Gasteiger partial charge in [-0.15, -0.1) is 23.1 Å². The van der Waals surface area contributed by atoms with Crippen molar-refractivity contribution < 1.29 is 23.9 Å². The van der Waals surface area contributed by atoms with Gasteiger partial charge < -0.3 is 25.4 Å². The maximum atomic E-state index is 14.0. The lowest BCUT2D eigenvalue weighted by Gasteiger charge is -2.17. The van der Waals surface area contributed by atoms with Gasteiger partial charge in [0.05, 0.1) is 19.9 Å². The number of nitrogens with zero attached hydrogens (tertiary/aromatic N) is 1. The van der Waals surface area contributed by atoms with E-state index in [2.05, 4.69) is 20.9 Å². The van der Waals surface area contributed by atoms with Crippen LogP contribution < -0.4 is 25.4 Å². The minimum absolute atomic E-state index is 0.0665. The van der Waals surface area contributed by atoms with E-state index in [0.29, 0.717) is 33.6 Å². The second kappa shape index (κ2) is 18.8. The fourth-order valence-corrected chi connectivity index (χ4v) is 7.83. The summed E-state index contributed by atoms with van der Waals surface area (Å²) in [5.41, 5.74) is 6.10. The normalized spacial score (nSPS) is 11.6. The van der Waals surface area contributed by atoms with Crippen LogP contribution in [0.4, 0.5) is 10.8 Å². The number of thioether (sulfide) groups is 1. The highest BCUT2D eigenvalue weighted by molar-refractivity contribution is 8.00. The Kier molecular flexibility index (Phi) is 12.7. The highest BCUT2D eigenvalue weighted by Gasteiger charge is 2.24. The van der Waals surface area contributed by atoms with Crippen molar-refractivity contribution in [1.29, 1.82) is 0 Å². The van der Waals surface area contributed by atoms with Crippen molar-refractivity contribution >= 4 is 57.7 Å². The van der Waals surface area contributed by atoms with Crippen LogP contribution in [0.25, 0.3) is 28.5 Å². The van der Waals surface area contributed by atoms with Gasteiger partial charge in [0.2, 0.25) is 5.91 Å². The first kappa shape index (κ1) is 39.3. The molecule has 1 atom stereocenters. The van der Waals surface area contributed by atoms with E-state index < -0.39 is 17.1 Å². The van der Waals surface area contributed by atoms with E-state index in [1.807, 2.05) is 127 Å². The van der Waals surface area contributed by atoms with Gasteiger partial charge in [0.1, 0.15) is 10.9 Å². The van der Waals surface area contributed by atoms with E-state index >= 15 is 0 Å². The quantitative estimate of drug-likeness (QED) is 0.0740. The minimum atomic E-state index is -0.653. The van der Waals surface area contributed by atoms with Crippen LogP contribution in [0.3, 0.4) is 0 Å². The molecule has 0 fully saturated rings. The molecule has 3 amide bonds. The van der Waals surface area contributed by atoms with Gasteiger partial charge >= 0.3 is 0 Å². The van der Waals surface area contributed by atoms with Gasteiger partial charge in [-0.3, -0.25) is 14.4 Å². The molecule has 7 aromatic rings. The van der Waals surface area contributed by atoms with Crippen LogP contribution in [0, 0.1) is 0 Å². The number of methoxy groups -OCH3 is 2. The Balaban J connectivity index is 1.10. The predicted octanol–water partition coefficient (Wildman–Crippen LogP) is 10.4. The summed E-state index contributed by atoms with van der Waals surface area (Å²) in [7, 11) is 3.16. The van der Waals surface area contributed by atoms with Crippen LogP contribution in [0.15, 0.2) is 174 Å². The largest absolute Gasteiger partial charge is 0.493 e. The van der Waals surface area contributed by atoms with Crippen molar-refractivity contribution in [1.82, 2.24) is 10.3 Å². The van der Waals surface area contributed by atoms with E-state index in [0.717, 1.165) is 32.7 Å². The number of nitrogens with one attached hydrogen (secondary N) is 3. The lowest BCUT2D eigenvalue weighted by Crippen LogP contribution is -2.30. The number of rotatable bonds is 14. The molecule has 0 aliphatic carbocycles. The number of ether oxygens (including phenoxy) is 2. The Morgan fingerprint density at radius 1 is 0.672 bits per heavy atom. The second-order valence-corrected chi connectivity index (χ2v) is 14.9. The van der Waals surface area contributed by atoms with Crippen LogP contribution in [-0.2, 0) is 9.59 Å². The first-order valence-corrected chi connectivity index (χ1v) is 20.0. The molecule has 0 saturated heterocycles. The number of hydrogen-bond acceptors (Lipinski definition) is 8. The smallest absolute Gasteiger partial charge is 0.272 e. The topological polar surface area (TPSA) is 119 Å². The zero-order valence-electron chi connectivity index (χ0n) is 31.5. The van der Waals surface area contributed by atoms with Crippen molar-refractivity contribution in [3.05, 3.63) is 185 Å². The number of carbonyl (C=O) groups excluding carboxylic acids is 3. The summed E-state index contributed by atoms with van der Waals surface area (Å²) in [6.07, 6.45) is 1.65. The molecule has 7 rings (SSSR count). The fourth-order valence-electron chi connectivity index (χ4n) is 6.02. The molecule has 58 heavy (non-hydrogen) atoms.